The minimum absolute atomic E-state index is 0.867. The Labute approximate surface area is 136 Å². The van der Waals surface area contributed by atoms with Gasteiger partial charge in [0.15, 0.2) is 0 Å². The van der Waals surface area contributed by atoms with Gasteiger partial charge in [0.05, 0.1) is 11.9 Å². The zero-order valence-corrected chi connectivity index (χ0v) is 13.6. The summed E-state index contributed by atoms with van der Waals surface area (Å²) in [7, 11) is 2.06. The first-order valence-electron chi connectivity index (χ1n) is 6.93. The molecule has 0 bridgehead atoms. The van der Waals surface area contributed by atoms with Gasteiger partial charge in [-0.05, 0) is 22.4 Å². The number of rotatable bonds is 4. The molecule has 0 radical (unpaired) electrons. The van der Waals surface area contributed by atoms with E-state index in [-0.39, 0.29) is 0 Å². The van der Waals surface area contributed by atoms with E-state index in [1.807, 2.05) is 28.9 Å². The summed E-state index contributed by atoms with van der Waals surface area (Å²) in [5, 5.41) is 9.89. The number of imidazole rings is 1. The lowest BCUT2D eigenvalue weighted by Crippen LogP contribution is -2.15. The number of aromatic nitrogens is 3. The summed E-state index contributed by atoms with van der Waals surface area (Å²) in [5.74, 6) is 0. The molecule has 0 aliphatic carbocycles. The van der Waals surface area contributed by atoms with E-state index in [0.29, 0.717) is 0 Å². The average molecular weight is 326 g/mol. The van der Waals surface area contributed by atoms with Crippen LogP contribution in [-0.4, -0.2) is 21.6 Å². The van der Waals surface area contributed by atoms with Gasteiger partial charge in [-0.1, -0.05) is 41.7 Å². The van der Waals surface area contributed by atoms with Crippen LogP contribution in [0.1, 0.15) is 5.56 Å². The molecule has 110 valence electrons. The standard InChI is InChI=1S/C16H14N4S2/c1-19(9-12-7-8-21-11-12)16-18-20-10-14(17-15(20)22-16)13-5-3-2-4-6-13/h2-8,10-11H,9H2,1H3. The number of nitrogens with zero attached hydrogens (tertiary/aromatic N) is 4. The quantitative estimate of drug-likeness (QED) is 0.565. The van der Waals surface area contributed by atoms with Gasteiger partial charge in [0.25, 0.3) is 0 Å². The molecule has 4 rings (SSSR count). The summed E-state index contributed by atoms with van der Waals surface area (Å²) < 4.78 is 1.87. The maximum atomic E-state index is 4.68. The second-order valence-corrected chi connectivity index (χ2v) is 6.81. The summed E-state index contributed by atoms with van der Waals surface area (Å²) in [5.41, 5.74) is 3.39. The lowest BCUT2D eigenvalue weighted by atomic mass is 10.2. The van der Waals surface area contributed by atoms with Crippen LogP contribution in [0.4, 0.5) is 5.13 Å². The van der Waals surface area contributed by atoms with Crippen molar-refractivity contribution in [1.82, 2.24) is 14.6 Å². The van der Waals surface area contributed by atoms with Crippen molar-refractivity contribution in [3.8, 4) is 11.3 Å². The van der Waals surface area contributed by atoms with Gasteiger partial charge < -0.3 is 4.90 Å². The Kier molecular flexibility index (Phi) is 3.40. The van der Waals surface area contributed by atoms with Crippen LogP contribution in [0.25, 0.3) is 16.2 Å². The molecular formula is C16H14N4S2. The summed E-state index contributed by atoms with van der Waals surface area (Å²) in [4.78, 5) is 7.76. The lowest BCUT2D eigenvalue weighted by molar-refractivity contribution is 0.873. The maximum Gasteiger partial charge on any atom is 0.214 e. The van der Waals surface area contributed by atoms with Crippen LogP contribution in [0.3, 0.4) is 0 Å². The van der Waals surface area contributed by atoms with Crippen molar-refractivity contribution >= 4 is 32.8 Å². The van der Waals surface area contributed by atoms with Crippen LogP contribution in [0.15, 0.2) is 53.4 Å². The Balaban J connectivity index is 1.61. The van der Waals surface area contributed by atoms with Crippen LogP contribution in [-0.2, 0) is 6.54 Å². The third-order valence-corrected chi connectivity index (χ3v) is 5.20. The fourth-order valence-electron chi connectivity index (χ4n) is 2.32. The smallest absolute Gasteiger partial charge is 0.214 e. The molecule has 0 aliphatic rings. The third-order valence-electron chi connectivity index (χ3n) is 3.43. The van der Waals surface area contributed by atoms with Gasteiger partial charge in [-0.25, -0.2) is 9.50 Å². The van der Waals surface area contributed by atoms with Gasteiger partial charge in [0.2, 0.25) is 10.1 Å². The molecule has 0 fully saturated rings. The van der Waals surface area contributed by atoms with E-state index in [4.69, 9.17) is 0 Å². The highest BCUT2D eigenvalue weighted by molar-refractivity contribution is 7.20. The van der Waals surface area contributed by atoms with Gasteiger partial charge >= 0.3 is 0 Å². The monoisotopic (exact) mass is 326 g/mol. The Hall–Kier alpha value is -2.18. The minimum atomic E-state index is 0.867. The van der Waals surface area contributed by atoms with Gasteiger partial charge in [-0.15, -0.1) is 5.10 Å². The Morgan fingerprint density at radius 1 is 1.18 bits per heavy atom. The van der Waals surface area contributed by atoms with Crippen molar-refractivity contribution in [1.29, 1.82) is 0 Å². The topological polar surface area (TPSA) is 33.4 Å². The van der Waals surface area contributed by atoms with Gasteiger partial charge in [-0.2, -0.15) is 11.3 Å². The number of hydrogen-bond acceptors (Lipinski definition) is 5. The van der Waals surface area contributed by atoms with E-state index < -0.39 is 0 Å². The highest BCUT2D eigenvalue weighted by Crippen LogP contribution is 2.27. The molecule has 22 heavy (non-hydrogen) atoms. The third kappa shape index (κ3) is 2.51. The highest BCUT2D eigenvalue weighted by atomic mass is 32.1. The molecule has 0 atom stereocenters. The molecule has 0 aliphatic heterocycles. The second-order valence-electron chi connectivity index (χ2n) is 5.09. The summed E-state index contributed by atoms with van der Waals surface area (Å²) in [6.45, 7) is 0.867. The van der Waals surface area contributed by atoms with Gasteiger partial charge in [-0.3, -0.25) is 0 Å². The van der Waals surface area contributed by atoms with Crippen molar-refractivity contribution in [3.05, 3.63) is 58.9 Å². The molecule has 6 heteroatoms. The number of anilines is 1. The van der Waals surface area contributed by atoms with Gasteiger partial charge in [0.1, 0.15) is 0 Å². The second kappa shape index (κ2) is 5.55. The summed E-state index contributed by atoms with van der Waals surface area (Å²) in [6.07, 6.45) is 1.99. The zero-order chi connectivity index (χ0) is 14.9. The van der Waals surface area contributed by atoms with Gasteiger partial charge in [0, 0.05) is 19.2 Å². The van der Waals surface area contributed by atoms with Crippen LogP contribution in [0.2, 0.25) is 0 Å². The van der Waals surface area contributed by atoms with Crippen molar-refractivity contribution in [3.63, 3.8) is 0 Å². The Morgan fingerprint density at radius 2 is 2.05 bits per heavy atom. The molecule has 0 amide bonds. The van der Waals surface area contributed by atoms with Crippen LogP contribution < -0.4 is 4.90 Å². The SMILES string of the molecule is CN(Cc1ccsc1)c1nn2cc(-c3ccccc3)nc2s1. The first kappa shape index (κ1) is 13.5. The number of thiophene rings is 1. The molecule has 0 saturated heterocycles. The predicted molar refractivity (Wildman–Crippen MR) is 92.7 cm³/mol. The van der Waals surface area contributed by atoms with Crippen molar-refractivity contribution in [2.24, 2.45) is 0 Å². The average Bonchev–Trinajstić information content (AvgIpc) is 3.23. The van der Waals surface area contributed by atoms with E-state index in [2.05, 4.69) is 51.0 Å². The summed E-state index contributed by atoms with van der Waals surface area (Å²) >= 11 is 3.33. The Morgan fingerprint density at radius 3 is 2.77 bits per heavy atom. The minimum Gasteiger partial charge on any atom is -0.345 e. The lowest BCUT2D eigenvalue weighted by Gasteiger charge is -2.13. The van der Waals surface area contributed by atoms with Crippen molar-refractivity contribution in [2.75, 3.05) is 11.9 Å². The normalized spacial score (nSPS) is 11.1. The van der Waals surface area contributed by atoms with Crippen LogP contribution in [0.5, 0.6) is 0 Å². The Bertz CT molecular complexity index is 846. The molecule has 4 nitrogen and oxygen atoms in total. The first-order valence-corrected chi connectivity index (χ1v) is 8.69. The molecule has 0 saturated carbocycles. The fraction of sp³-hybridized carbons (Fsp3) is 0.125. The van der Waals surface area contributed by atoms with Crippen LogP contribution in [0, 0.1) is 0 Å². The molecule has 3 heterocycles. The highest BCUT2D eigenvalue weighted by Gasteiger charge is 2.12. The maximum absolute atomic E-state index is 4.68. The molecular weight excluding hydrogens is 312 g/mol. The van der Waals surface area contributed by atoms with Crippen LogP contribution >= 0.6 is 22.7 Å². The molecule has 4 aromatic rings. The van der Waals surface area contributed by atoms with Crippen molar-refractivity contribution in [2.45, 2.75) is 6.54 Å². The molecule has 0 N–H and O–H groups in total. The number of benzene rings is 1. The van der Waals surface area contributed by atoms with Crippen molar-refractivity contribution < 1.29 is 0 Å². The molecule has 3 aromatic heterocycles. The van der Waals surface area contributed by atoms with E-state index in [1.165, 1.54) is 5.56 Å². The predicted octanol–water partition coefficient (Wildman–Crippen LogP) is 4.16. The van der Waals surface area contributed by atoms with E-state index in [1.54, 1.807) is 22.7 Å². The van der Waals surface area contributed by atoms with E-state index in [9.17, 15) is 0 Å². The number of hydrogen-bond donors (Lipinski definition) is 0. The zero-order valence-electron chi connectivity index (χ0n) is 12.0. The molecule has 1 aromatic carbocycles. The fourth-order valence-corrected chi connectivity index (χ4v) is 3.82. The number of fused-ring (bicyclic) bond motifs is 1. The first-order chi connectivity index (χ1) is 10.8. The van der Waals surface area contributed by atoms with E-state index in [0.717, 1.165) is 27.9 Å². The van der Waals surface area contributed by atoms with E-state index >= 15 is 0 Å². The summed E-state index contributed by atoms with van der Waals surface area (Å²) in [6, 6.07) is 12.3. The molecule has 0 spiro atoms. The largest absolute Gasteiger partial charge is 0.345 e. The molecule has 0 unspecified atom stereocenters.